The predicted octanol–water partition coefficient (Wildman–Crippen LogP) is 7.39. The van der Waals surface area contributed by atoms with Gasteiger partial charge in [0, 0.05) is 26.0 Å². The maximum absolute atomic E-state index is 13.3. The van der Waals surface area contributed by atoms with Gasteiger partial charge in [-0.05, 0) is 70.4 Å². The lowest BCUT2D eigenvalue weighted by Gasteiger charge is -2.13. The summed E-state index contributed by atoms with van der Waals surface area (Å²) >= 11 is 13.0. The Labute approximate surface area is 231 Å². The molecule has 0 radical (unpaired) electrons. The molecule has 0 unspecified atom stereocenters. The Morgan fingerprint density at radius 2 is 1.86 bits per heavy atom. The number of hydrogen-bond donors (Lipinski definition) is 0. The summed E-state index contributed by atoms with van der Waals surface area (Å²) in [5.74, 6) is 1.75. The van der Waals surface area contributed by atoms with E-state index in [9.17, 15) is 4.79 Å². The van der Waals surface area contributed by atoms with E-state index < -0.39 is 0 Å². The van der Waals surface area contributed by atoms with E-state index in [0.29, 0.717) is 46.3 Å². The van der Waals surface area contributed by atoms with Crippen LogP contribution in [-0.2, 0) is 13.0 Å². The Balaban J connectivity index is 1.67. The van der Waals surface area contributed by atoms with E-state index in [-0.39, 0.29) is 5.56 Å². The lowest BCUT2D eigenvalue weighted by molar-refractivity contribution is 0.284. The third kappa shape index (κ3) is 6.17. The van der Waals surface area contributed by atoms with Gasteiger partial charge in [-0.25, -0.2) is 4.98 Å². The van der Waals surface area contributed by atoms with Gasteiger partial charge >= 0.3 is 0 Å². The van der Waals surface area contributed by atoms with E-state index in [4.69, 9.17) is 26.1 Å². The average molecular weight is 634 g/mol. The van der Waals surface area contributed by atoms with Crippen LogP contribution in [-0.4, -0.2) is 23.0 Å². The third-order valence-electron chi connectivity index (χ3n) is 5.53. The number of aryl methyl sites for hydroxylation is 1. The molecule has 0 amide bonds. The number of benzene rings is 3. The first-order valence-corrected chi connectivity index (χ1v) is 13.4. The van der Waals surface area contributed by atoms with Gasteiger partial charge in [0.05, 0.1) is 24.2 Å². The Hall–Kier alpha value is -2.68. The summed E-state index contributed by atoms with van der Waals surface area (Å²) < 4.78 is 14.5. The molecule has 4 aromatic rings. The Morgan fingerprint density at radius 1 is 1.08 bits per heavy atom. The van der Waals surface area contributed by atoms with Crippen LogP contribution in [0.15, 0.2) is 73.4 Å². The Morgan fingerprint density at radius 3 is 2.58 bits per heavy atom. The summed E-state index contributed by atoms with van der Waals surface area (Å²) in [6, 6.07) is 16.6. The second-order valence-electron chi connectivity index (χ2n) is 8.09. The molecule has 1 aromatic heterocycles. The average Bonchev–Trinajstić information content (AvgIpc) is 2.88. The maximum Gasteiger partial charge on any atom is 0.282 e. The molecule has 0 aliphatic heterocycles. The van der Waals surface area contributed by atoms with Gasteiger partial charge in [0.15, 0.2) is 11.5 Å². The van der Waals surface area contributed by atoms with Gasteiger partial charge in [-0.1, -0.05) is 53.0 Å². The zero-order valence-electron chi connectivity index (χ0n) is 19.8. The normalized spacial score (nSPS) is 11.4. The van der Waals surface area contributed by atoms with Crippen LogP contribution in [0, 0.1) is 0 Å². The standard InChI is InChI=1S/C27H24Br2ClN3O3/c1-3-4-5-26-32-23-11-8-19(28)13-21(23)27(34)33(26)31-15-18-12-24(35-2)25(14-22(18)29)36-16-17-6-9-20(30)10-7-17/h6-15H,3-5,16H2,1-2H3. The van der Waals surface area contributed by atoms with E-state index in [1.165, 1.54) is 4.68 Å². The van der Waals surface area contributed by atoms with Crippen molar-refractivity contribution in [3.8, 4) is 11.5 Å². The molecule has 4 rings (SSSR count). The van der Waals surface area contributed by atoms with Crippen molar-refractivity contribution < 1.29 is 9.47 Å². The highest BCUT2D eigenvalue weighted by Crippen LogP contribution is 2.33. The fraction of sp³-hybridized carbons (Fsp3) is 0.222. The van der Waals surface area contributed by atoms with E-state index in [1.807, 2.05) is 48.5 Å². The second-order valence-corrected chi connectivity index (χ2v) is 10.3. The van der Waals surface area contributed by atoms with Gasteiger partial charge in [-0.15, -0.1) is 0 Å². The lowest BCUT2D eigenvalue weighted by atomic mass is 10.2. The van der Waals surface area contributed by atoms with Crippen LogP contribution in [0.4, 0.5) is 0 Å². The maximum atomic E-state index is 13.3. The number of rotatable bonds is 9. The van der Waals surface area contributed by atoms with Crippen molar-refractivity contribution in [3.05, 3.63) is 95.9 Å². The number of halogens is 3. The van der Waals surface area contributed by atoms with E-state index >= 15 is 0 Å². The molecule has 0 saturated heterocycles. The second kappa shape index (κ2) is 12.0. The molecule has 0 aliphatic carbocycles. The predicted molar refractivity (Wildman–Crippen MR) is 152 cm³/mol. The van der Waals surface area contributed by atoms with Gasteiger partial charge in [0.1, 0.15) is 12.4 Å². The molecule has 3 aromatic carbocycles. The molecular formula is C27H24Br2ClN3O3. The minimum absolute atomic E-state index is 0.213. The highest BCUT2D eigenvalue weighted by atomic mass is 79.9. The number of ether oxygens (including phenoxy) is 2. The summed E-state index contributed by atoms with van der Waals surface area (Å²) in [5, 5.41) is 5.72. The van der Waals surface area contributed by atoms with Crippen molar-refractivity contribution in [2.75, 3.05) is 7.11 Å². The molecule has 0 fully saturated rings. The van der Waals surface area contributed by atoms with Gasteiger partial charge in [-0.3, -0.25) is 4.79 Å². The van der Waals surface area contributed by atoms with Crippen LogP contribution < -0.4 is 15.0 Å². The van der Waals surface area contributed by atoms with Crippen LogP contribution in [0.3, 0.4) is 0 Å². The van der Waals surface area contributed by atoms with Crippen molar-refractivity contribution in [3.63, 3.8) is 0 Å². The Kier molecular flexibility index (Phi) is 8.82. The van der Waals surface area contributed by atoms with E-state index in [2.05, 4.69) is 43.9 Å². The summed E-state index contributed by atoms with van der Waals surface area (Å²) in [6.45, 7) is 2.46. The monoisotopic (exact) mass is 631 g/mol. The molecule has 6 nitrogen and oxygen atoms in total. The van der Waals surface area contributed by atoms with Crippen LogP contribution in [0.25, 0.3) is 10.9 Å². The highest BCUT2D eigenvalue weighted by Gasteiger charge is 2.13. The van der Waals surface area contributed by atoms with Gasteiger partial charge in [0.25, 0.3) is 5.56 Å². The van der Waals surface area contributed by atoms with Gasteiger partial charge in [-0.2, -0.15) is 9.78 Å². The van der Waals surface area contributed by atoms with Crippen molar-refractivity contribution in [2.45, 2.75) is 32.8 Å². The summed E-state index contributed by atoms with van der Waals surface area (Å²) in [7, 11) is 1.58. The van der Waals surface area contributed by atoms with Crippen molar-refractivity contribution in [1.82, 2.24) is 9.66 Å². The van der Waals surface area contributed by atoms with Crippen LogP contribution in [0.1, 0.15) is 36.7 Å². The molecule has 1 heterocycles. The topological polar surface area (TPSA) is 65.7 Å². The summed E-state index contributed by atoms with van der Waals surface area (Å²) in [5.41, 5.74) is 2.16. The number of aromatic nitrogens is 2. The van der Waals surface area contributed by atoms with Crippen LogP contribution in [0.2, 0.25) is 5.02 Å². The zero-order chi connectivity index (χ0) is 25.7. The number of hydrogen-bond acceptors (Lipinski definition) is 5. The SMILES string of the molecule is CCCCc1nc2ccc(Br)cc2c(=O)n1N=Cc1cc(OC)c(OCc2ccc(Cl)cc2)cc1Br. The van der Waals surface area contributed by atoms with Crippen LogP contribution in [0.5, 0.6) is 11.5 Å². The summed E-state index contributed by atoms with van der Waals surface area (Å²) in [4.78, 5) is 18.0. The fourth-order valence-corrected chi connectivity index (χ4v) is 4.51. The number of nitrogens with zero attached hydrogens (tertiary/aromatic N) is 3. The van der Waals surface area contributed by atoms with Crippen molar-refractivity contribution >= 4 is 60.6 Å². The van der Waals surface area contributed by atoms with Gasteiger partial charge in [0.2, 0.25) is 0 Å². The number of fused-ring (bicyclic) bond motifs is 1. The molecule has 0 bridgehead atoms. The first-order chi connectivity index (χ1) is 17.4. The van der Waals surface area contributed by atoms with E-state index in [1.54, 1.807) is 19.4 Å². The molecule has 186 valence electrons. The van der Waals surface area contributed by atoms with Crippen molar-refractivity contribution in [1.29, 1.82) is 0 Å². The van der Waals surface area contributed by atoms with E-state index in [0.717, 1.165) is 32.9 Å². The molecular weight excluding hydrogens is 610 g/mol. The first kappa shape index (κ1) is 26.4. The third-order valence-corrected chi connectivity index (χ3v) is 6.96. The summed E-state index contributed by atoms with van der Waals surface area (Å²) in [6.07, 6.45) is 4.16. The Bertz CT molecular complexity index is 1470. The smallest absolute Gasteiger partial charge is 0.282 e. The van der Waals surface area contributed by atoms with Crippen molar-refractivity contribution in [2.24, 2.45) is 5.10 Å². The molecule has 0 aliphatic rings. The molecule has 9 heteroatoms. The minimum Gasteiger partial charge on any atom is -0.493 e. The lowest BCUT2D eigenvalue weighted by Crippen LogP contribution is -2.22. The molecule has 36 heavy (non-hydrogen) atoms. The molecule has 0 N–H and O–H groups in total. The first-order valence-electron chi connectivity index (χ1n) is 11.4. The minimum atomic E-state index is -0.213. The zero-order valence-corrected chi connectivity index (χ0v) is 23.7. The van der Waals surface area contributed by atoms with Gasteiger partial charge < -0.3 is 9.47 Å². The quantitative estimate of drug-likeness (QED) is 0.180. The largest absolute Gasteiger partial charge is 0.493 e. The number of methoxy groups -OCH3 is 1. The molecule has 0 atom stereocenters. The fourth-order valence-electron chi connectivity index (χ4n) is 3.59. The van der Waals surface area contributed by atoms with Crippen LogP contribution >= 0.6 is 43.5 Å². The number of unbranched alkanes of at least 4 members (excludes halogenated alkanes) is 1. The molecule has 0 spiro atoms. The molecule has 0 saturated carbocycles. The highest BCUT2D eigenvalue weighted by molar-refractivity contribution is 9.10.